The lowest BCUT2D eigenvalue weighted by molar-refractivity contribution is 0.0734. The topological polar surface area (TPSA) is 75.0 Å². The molecule has 0 saturated heterocycles. The second-order valence-electron chi connectivity index (χ2n) is 9.98. The number of hydrogen-bond donors (Lipinski definition) is 0. The molecule has 1 aliphatic heterocycles. The summed E-state index contributed by atoms with van der Waals surface area (Å²) in [5, 5.41) is 0.615. The first-order valence-corrected chi connectivity index (χ1v) is 12.2. The summed E-state index contributed by atoms with van der Waals surface area (Å²) < 4.78 is 22.8. The van der Waals surface area contributed by atoms with E-state index < -0.39 is 5.97 Å². The van der Waals surface area contributed by atoms with Gasteiger partial charge >= 0.3 is 5.97 Å². The van der Waals surface area contributed by atoms with Gasteiger partial charge in [-0.2, -0.15) is 0 Å². The minimum absolute atomic E-state index is 0.0439. The van der Waals surface area contributed by atoms with Gasteiger partial charge in [0.15, 0.2) is 5.76 Å². The lowest BCUT2D eigenvalue weighted by atomic mass is 9.86. The van der Waals surface area contributed by atoms with Crippen molar-refractivity contribution in [1.82, 2.24) is 0 Å². The van der Waals surface area contributed by atoms with Crippen molar-refractivity contribution in [3.63, 3.8) is 0 Å². The first-order valence-electron chi connectivity index (χ1n) is 12.2. The van der Waals surface area contributed by atoms with Gasteiger partial charge in [-0.25, -0.2) is 4.79 Å². The van der Waals surface area contributed by atoms with Gasteiger partial charge in [-0.3, -0.25) is 4.79 Å². The highest BCUT2D eigenvalue weighted by Gasteiger charge is 2.29. The van der Waals surface area contributed by atoms with Crippen LogP contribution < -0.4 is 14.2 Å². The Hall–Kier alpha value is -4.32. The normalized spacial score (nSPS) is 14.1. The summed E-state index contributed by atoms with van der Waals surface area (Å²) in [4.78, 5) is 26.0. The highest BCUT2D eigenvalue weighted by Crippen LogP contribution is 2.36. The average Bonchev–Trinajstić information content (AvgIpc) is 3.34. The molecule has 0 fully saturated rings. The van der Waals surface area contributed by atoms with Crippen LogP contribution in [0.3, 0.4) is 0 Å². The van der Waals surface area contributed by atoms with Gasteiger partial charge in [0, 0.05) is 11.5 Å². The Morgan fingerprint density at radius 1 is 0.973 bits per heavy atom. The number of rotatable bonds is 5. The van der Waals surface area contributed by atoms with E-state index in [2.05, 4.69) is 32.9 Å². The van der Waals surface area contributed by atoms with E-state index in [1.54, 1.807) is 49.4 Å². The monoisotopic (exact) mass is 496 g/mol. The highest BCUT2D eigenvalue weighted by atomic mass is 16.5. The van der Waals surface area contributed by atoms with Gasteiger partial charge in [0.2, 0.25) is 5.78 Å². The molecular weight excluding hydrogens is 468 g/mol. The zero-order valence-electron chi connectivity index (χ0n) is 21.5. The molecule has 0 spiro atoms. The highest BCUT2D eigenvalue weighted by molar-refractivity contribution is 6.14. The molecule has 0 atom stereocenters. The Bertz CT molecular complexity index is 1550. The fourth-order valence-corrected chi connectivity index (χ4v) is 4.33. The molecule has 6 nitrogen and oxygen atoms in total. The minimum atomic E-state index is -0.566. The van der Waals surface area contributed by atoms with Crippen LogP contribution in [0.25, 0.3) is 17.0 Å². The van der Waals surface area contributed by atoms with Crippen LogP contribution in [0.2, 0.25) is 0 Å². The third kappa shape index (κ3) is 4.75. The number of Topliss-reactive ketones (excluding diaryl/α,β-unsaturated/α-hetero) is 1. The van der Waals surface area contributed by atoms with Crippen LogP contribution in [0.15, 0.2) is 70.8 Å². The van der Waals surface area contributed by atoms with Gasteiger partial charge in [-0.15, -0.1) is 0 Å². The molecule has 6 heteroatoms. The summed E-state index contributed by atoms with van der Waals surface area (Å²) in [6, 6.07) is 18.1. The molecule has 0 aliphatic carbocycles. The number of benzene rings is 3. The maximum atomic E-state index is 13.1. The van der Waals surface area contributed by atoms with Crippen LogP contribution >= 0.6 is 0 Å². The second kappa shape index (κ2) is 9.28. The maximum absolute atomic E-state index is 13.1. The van der Waals surface area contributed by atoms with Gasteiger partial charge in [-0.1, -0.05) is 45.0 Å². The summed E-state index contributed by atoms with van der Waals surface area (Å²) in [5.74, 6) is 1.15. The van der Waals surface area contributed by atoms with Crippen LogP contribution in [0.1, 0.15) is 65.3 Å². The van der Waals surface area contributed by atoms with Crippen molar-refractivity contribution in [2.75, 3.05) is 6.61 Å². The van der Waals surface area contributed by atoms with Crippen LogP contribution in [0.4, 0.5) is 0 Å². The van der Waals surface area contributed by atoms with E-state index in [1.165, 1.54) is 5.56 Å². The summed E-state index contributed by atoms with van der Waals surface area (Å²) in [6.45, 7) is 10.6. The average molecular weight is 497 g/mol. The summed E-state index contributed by atoms with van der Waals surface area (Å²) in [6.07, 6.45) is 1.72. The summed E-state index contributed by atoms with van der Waals surface area (Å²) >= 11 is 0. The molecule has 3 aromatic carbocycles. The summed E-state index contributed by atoms with van der Waals surface area (Å²) in [7, 11) is 0. The zero-order valence-corrected chi connectivity index (χ0v) is 21.5. The van der Waals surface area contributed by atoms with E-state index in [0.29, 0.717) is 46.0 Å². The fraction of sp³-hybridized carbons (Fsp3) is 0.226. The maximum Gasteiger partial charge on any atom is 0.347 e. The predicted octanol–water partition coefficient (Wildman–Crippen LogP) is 7.27. The molecule has 1 aliphatic rings. The molecule has 4 aromatic rings. The Labute approximate surface area is 215 Å². The Kier molecular flexibility index (Phi) is 6.12. The lowest BCUT2D eigenvalue weighted by Gasteiger charge is -2.18. The number of carbonyl (C=O) groups is 2. The molecule has 0 radical (unpaired) electrons. The van der Waals surface area contributed by atoms with Crippen molar-refractivity contribution >= 4 is 28.8 Å². The third-order valence-corrected chi connectivity index (χ3v) is 6.28. The smallest absolute Gasteiger partial charge is 0.347 e. The number of allylic oxidation sites excluding steroid dienone is 1. The Morgan fingerprint density at radius 3 is 2.41 bits per heavy atom. The van der Waals surface area contributed by atoms with E-state index in [0.717, 1.165) is 5.56 Å². The Balaban J connectivity index is 1.37. The van der Waals surface area contributed by atoms with Crippen molar-refractivity contribution in [3.8, 4) is 17.2 Å². The number of esters is 1. The lowest BCUT2D eigenvalue weighted by Crippen LogP contribution is -2.10. The molecule has 188 valence electrons. The Morgan fingerprint density at radius 2 is 1.70 bits per heavy atom. The molecule has 0 amide bonds. The van der Waals surface area contributed by atoms with Gasteiger partial charge in [-0.05, 0) is 66.8 Å². The molecule has 0 N–H and O–H groups in total. The quantitative estimate of drug-likeness (QED) is 0.164. The standard InChI is InChI=1S/C31H28O6/c1-6-34-21-12-14-25-24(16-21)28(18(2)35-25)30(33)36-22-11-13-23-26(17-22)37-27(29(23)32)15-19-7-9-20(10-8-19)31(3,4)5/h7-17H,6H2,1-5H3. The van der Waals surface area contributed by atoms with Crippen molar-refractivity contribution < 1.29 is 28.2 Å². The molecule has 0 bridgehead atoms. The van der Waals surface area contributed by atoms with Crippen molar-refractivity contribution in [1.29, 1.82) is 0 Å². The fourth-order valence-electron chi connectivity index (χ4n) is 4.33. The number of carbonyl (C=O) groups excluding carboxylic acids is 2. The number of ether oxygens (including phenoxy) is 3. The van der Waals surface area contributed by atoms with E-state index in [-0.39, 0.29) is 22.7 Å². The van der Waals surface area contributed by atoms with Crippen LogP contribution in [-0.2, 0) is 5.41 Å². The molecule has 0 saturated carbocycles. The number of furan rings is 1. The number of aryl methyl sites for hydroxylation is 1. The van der Waals surface area contributed by atoms with Gasteiger partial charge in [0.05, 0.1) is 12.2 Å². The van der Waals surface area contributed by atoms with Gasteiger partial charge in [0.1, 0.15) is 34.2 Å². The molecule has 2 heterocycles. The van der Waals surface area contributed by atoms with E-state index in [4.69, 9.17) is 18.6 Å². The number of fused-ring (bicyclic) bond motifs is 2. The zero-order chi connectivity index (χ0) is 26.3. The molecule has 0 unspecified atom stereocenters. The van der Waals surface area contributed by atoms with Crippen LogP contribution in [0, 0.1) is 6.92 Å². The van der Waals surface area contributed by atoms with Gasteiger partial charge in [0.25, 0.3) is 0 Å². The number of hydrogen-bond acceptors (Lipinski definition) is 6. The second-order valence-corrected chi connectivity index (χ2v) is 9.98. The SMILES string of the molecule is CCOc1ccc2oc(C)c(C(=O)Oc3ccc4c(c3)OC(=Cc3ccc(C(C)(C)C)cc3)C4=O)c2c1. The van der Waals surface area contributed by atoms with E-state index in [1.807, 2.05) is 19.1 Å². The van der Waals surface area contributed by atoms with Crippen molar-refractivity contribution in [3.05, 3.63) is 94.4 Å². The molecule has 37 heavy (non-hydrogen) atoms. The molecule has 1 aromatic heterocycles. The third-order valence-electron chi connectivity index (χ3n) is 6.28. The first-order chi connectivity index (χ1) is 17.6. The van der Waals surface area contributed by atoms with E-state index >= 15 is 0 Å². The van der Waals surface area contributed by atoms with E-state index in [9.17, 15) is 9.59 Å². The van der Waals surface area contributed by atoms with Crippen LogP contribution in [0.5, 0.6) is 17.2 Å². The van der Waals surface area contributed by atoms with Gasteiger partial charge < -0.3 is 18.6 Å². The minimum Gasteiger partial charge on any atom is -0.494 e. The largest absolute Gasteiger partial charge is 0.494 e. The molecule has 5 rings (SSSR count). The van der Waals surface area contributed by atoms with Crippen LogP contribution in [-0.4, -0.2) is 18.4 Å². The first kappa shape index (κ1) is 24.4. The summed E-state index contributed by atoms with van der Waals surface area (Å²) in [5.41, 5.74) is 3.43. The number of ketones is 1. The molecular formula is C31H28O6. The van der Waals surface area contributed by atoms with Crippen molar-refractivity contribution in [2.45, 2.75) is 40.0 Å². The predicted molar refractivity (Wildman–Crippen MR) is 142 cm³/mol. The van der Waals surface area contributed by atoms with Crippen molar-refractivity contribution in [2.24, 2.45) is 0 Å².